The van der Waals surface area contributed by atoms with E-state index in [0.29, 0.717) is 9.08 Å². The highest BCUT2D eigenvalue weighted by Gasteiger charge is 2.31. The largest absolute Gasteiger partial charge is 0.416 e. The molecule has 0 atom stereocenters. The number of hydrogen-bond donors (Lipinski definition) is 1. The summed E-state index contributed by atoms with van der Waals surface area (Å²) in [6.45, 7) is 0. The van der Waals surface area contributed by atoms with E-state index in [1.54, 1.807) is 0 Å². The van der Waals surface area contributed by atoms with E-state index < -0.39 is 17.6 Å². The Morgan fingerprint density at radius 3 is 2.48 bits per heavy atom. The van der Waals surface area contributed by atoms with Gasteiger partial charge in [0, 0.05) is 16.2 Å². The second kappa shape index (κ2) is 6.15. The maximum atomic E-state index is 12.7. The zero-order valence-electron chi connectivity index (χ0n) is 10.2. The van der Waals surface area contributed by atoms with Gasteiger partial charge in [-0.15, -0.1) is 0 Å². The summed E-state index contributed by atoms with van der Waals surface area (Å²) in [4.78, 5) is 15.9. The fourth-order valence-electron chi connectivity index (χ4n) is 1.54. The molecule has 1 amide bonds. The third kappa shape index (κ3) is 4.04. The third-order valence-corrected chi connectivity index (χ3v) is 3.66. The van der Waals surface area contributed by atoms with Crippen LogP contribution in [0, 0.1) is 0 Å². The van der Waals surface area contributed by atoms with E-state index in [2.05, 4.69) is 42.2 Å². The second-order valence-electron chi connectivity index (χ2n) is 4.01. The lowest BCUT2D eigenvalue weighted by atomic mass is 10.2. The molecule has 0 aliphatic carbocycles. The summed E-state index contributed by atoms with van der Waals surface area (Å²) in [6, 6.07) is 5.97. The van der Waals surface area contributed by atoms with Crippen molar-refractivity contribution in [2.24, 2.45) is 0 Å². The van der Waals surface area contributed by atoms with Crippen LogP contribution in [0.5, 0.6) is 0 Å². The Labute approximate surface area is 134 Å². The first-order valence-electron chi connectivity index (χ1n) is 5.57. The van der Waals surface area contributed by atoms with Crippen molar-refractivity contribution in [3.63, 3.8) is 0 Å². The maximum absolute atomic E-state index is 12.7. The highest BCUT2D eigenvalue weighted by molar-refractivity contribution is 9.10. The Balaban J connectivity index is 2.29. The van der Waals surface area contributed by atoms with Gasteiger partial charge in [0.15, 0.2) is 0 Å². The lowest BCUT2D eigenvalue weighted by molar-refractivity contribution is -0.137. The SMILES string of the molecule is O=C(Nc1cc(C(F)(F)F)ccc1Br)c1ccnc(Br)c1. The van der Waals surface area contributed by atoms with Gasteiger partial charge in [0.2, 0.25) is 0 Å². The number of alkyl halides is 3. The zero-order valence-corrected chi connectivity index (χ0v) is 13.4. The molecule has 0 bridgehead atoms. The fraction of sp³-hybridized carbons (Fsp3) is 0.0769. The molecule has 110 valence electrons. The van der Waals surface area contributed by atoms with E-state index >= 15 is 0 Å². The van der Waals surface area contributed by atoms with E-state index in [-0.39, 0.29) is 11.3 Å². The van der Waals surface area contributed by atoms with Gasteiger partial charge in [-0.25, -0.2) is 4.98 Å². The van der Waals surface area contributed by atoms with Crippen LogP contribution >= 0.6 is 31.9 Å². The molecule has 0 saturated carbocycles. The summed E-state index contributed by atoms with van der Waals surface area (Å²) in [6.07, 6.45) is -3.06. The summed E-state index contributed by atoms with van der Waals surface area (Å²) in [5.74, 6) is -0.530. The fourth-order valence-corrected chi connectivity index (χ4v) is 2.25. The predicted molar refractivity (Wildman–Crippen MR) is 79.0 cm³/mol. The number of benzene rings is 1. The maximum Gasteiger partial charge on any atom is 0.416 e. The van der Waals surface area contributed by atoms with Gasteiger partial charge in [-0.3, -0.25) is 4.79 Å². The number of carbonyl (C=O) groups is 1. The Bertz CT molecular complexity index is 689. The van der Waals surface area contributed by atoms with Gasteiger partial charge in [0.05, 0.1) is 11.3 Å². The molecule has 1 aromatic carbocycles. The van der Waals surface area contributed by atoms with Crippen LogP contribution in [0.15, 0.2) is 45.6 Å². The van der Waals surface area contributed by atoms with Gasteiger partial charge in [-0.2, -0.15) is 13.2 Å². The van der Waals surface area contributed by atoms with Crippen molar-refractivity contribution in [1.29, 1.82) is 0 Å². The van der Waals surface area contributed by atoms with Crippen LogP contribution in [0.4, 0.5) is 18.9 Å². The molecule has 0 unspecified atom stereocenters. The molecule has 0 spiro atoms. The van der Waals surface area contributed by atoms with Crippen LogP contribution in [0.25, 0.3) is 0 Å². The van der Waals surface area contributed by atoms with Crippen molar-refractivity contribution >= 4 is 43.5 Å². The predicted octanol–water partition coefficient (Wildman–Crippen LogP) is 4.88. The van der Waals surface area contributed by atoms with Crippen molar-refractivity contribution in [2.75, 3.05) is 5.32 Å². The van der Waals surface area contributed by atoms with Gasteiger partial charge >= 0.3 is 6.18 Å². The number of aromatic nitrogens is 1. The molecule has 21 heavy (non-hydrogen) atoms. The van der Waals surface area contributed by atoms with Crippen LogP contribution in [-0.2, 0) is 6.18 Å². The van der Waals surface area contributed by atoms with Crippen LogP contribution in [0.1, 0.15) is 15.9 Å². The first-order chi connectivity index (χ1) is 9.77. The third-order valence-electron chi connectivity index (χ3n) is 2.53. The first-order valence-corrected chi connectivity index (χ1v) is 7.15. The average Bonchev–Trinajstić information content (AvgIpc) is 2.40. The summed E-state index contributed by atoms with van der Waals surface area (Å²) in [7, 11) is 0. The zero-order chi connectivity index (χ0) is 15.6. The Morgan fingerprint density at radius 2 is 1.86 bits per heavy atom. The second-order valence-corrected chi connectivity index (χ2v) is 5.68. The van der Waals surface area contributed by atoms with E-state index in [4.69, 9.17) is 0 Å². The molecule has 1 heterocycles. The lowest BCUT2D eigenvalue weighted by Gasteiger charge is -2.12. The molecule has 0 radical (unpaired) electrons. The van der Waals surface area contributed by atoms with E-state index in [1.165, 1.54) is 24.4 Å². The highest BCUT2D eigenvalue weighted by Crippen LogP contribution is 2.34. The molecule has 1 N–H and O–H groups in total. The quantitative estimate of drug-likeness (QED) is 0.699. The van der Waals surface area contributed by atoms with Crippen LogP contribution in [0.3, 0.4) is 0 Å². The standard InChI is InChI=1S/C13H7Br2F3N2O/c14-9-2-1-8(13(16,17)18)6-10(9)20-12(21)7-3-4-19-11(15)5-7/h1-6H,(H,20,21). The van der Waals surface area contributed by atoms with Gasteiger partial charge in [0.1, 0.15) is 4.60 Å². The van der Waals surface area contributed by atoms with Gasteiger partial charge in [-0.05, 0) is 62.2 Å². The molecular formula is C13H7Br2F3N2O. The topological polar surface area (TPSA) is 42.0 Å². The van der Waals surface area contributed by atoms with Gasteiger partial charge in [-0.1, -0.05) is 0 Å². The number of carbonyl (C=O) groups excluding carboxylic acids is 1. The molecule has 3 nitrogen and oxygen atoms in total. The normalized spacial score (nSPS) is 11.3. The van der Waals surface area contributed by atoms with Gasteiger partial charge in [0.25, 0.3) is 5.91 Å². The Kier molecular flexibility index (Phi) is 4.67. The van der Waals surface area contributed by atoms with Crippen molar-refractivity contribution in [3.8, 4) is 0 Å². The molecule has 0 aliphatic heterocycles. The summed E-state index contributed by atoms with van der Waals surface area (Å²) < 4.78 is 38.8. The van der Waals surface area contributed by atoms with Gasteiger partial charge < -0.3 is 5.32 Å². The first kappa shape index (κ1) is 16.0. The smallest absolute Gasteiger partial charge is 0.321 e. The number of nitrogens with zero attached hydrogens (tertiary/aromatic N) is 1. The number of anilines is 1. The molecule has 0 fully saturated rings. The Hall–Kier alpha value is -1.41. The van der Waals surface area contributed by atoms with Crippen LogP contribution in [0.2, 0.25) is 0 Å². The summed E-state index contributed by atoms with van der Waals surface area (Å²) in [5.41, 5.74) is -0.513. The monoisotopic (exact) mass is 422 g/mol. The van der Waals surface area contributed by atoms with Crippen LogP contribution in [-0.4, -0.2) is 10.9 Å². The Morgan fingerprint density at radius 1 is 1.14 bits per heavy atom. The molecule has 2 rings (SSSR count). The number of hydrogen-bond acceptors (Lipinski definition) is 2. The van der Waals surface area contributed by atoms with E-state index in [9.17, 15) is 18.0 Å². The minimum Gasteiger partial charge on any atom is -0.321 e. The molecule has 1 aromatic heterocycles. The number of halogens is 5. The highest BCUT2D eigenvalue weighted by atomic mass is 79.9. The molecule has 8 heteroatoms. The van der Waals surface area contributed by atoms with Crippen molar-refractivity contribution < 1.29 is 18.0 Å². The number of rotatable bonds is 2. The lowest BCUT2D eigenvalue weighted by Crippen LogP contribution is -2.14. The minimum absolute atomic E-state index is 0.0442. The van der Waals surface area contributed by atoms with Crippen molar-refractivity contribution in [3.05, 3.63) is 56.7 Å². The number of pyridine rings is 1. The van der Waals surface area contributed by atoms with Crippen LogP contribution < -0.4 is 5.32 Å². The van der Waals surface area contributed by atoms with E-state index in [1.807, 2.05) is 0 Å². The number of nitrogens with one attached hydrogen (secondary N) is 1. The van der Waals surface area contributed by atoms with E-state index in [0.717, 1.165) is 12.1 Å². The van der Waals surface area contributed by atoms with Crippen molar-refractivity contribution in [1.82, 2.24) is 4.98 Å². The number of amides is 1. The summed E-state index contributed by atoms with van der Waals surface area (Å²) in [5, 5.41) is 2.43. The molecule has 0 saturated heterocycles. The van der Waals surface area contributed by atoms with Crippen molar-refractivity contribution in [2.45, 2.75) is 6.18 Å². The minimum atomic E-state index is -4.47. The average molecular weight is 424 g/mol. The molecular weight excluding hydrogens is 417 g/mol. The molecule has 2 aromatic rings. The molecule has 0 aliphatic rings. The summed E-state index contributed by atoms with van der Waals surface area (Å²) >= 11 is 6.23.